The molecule has 0 atom stereocenters. The van der Waals surface area contributed by atoms with Gasteiger partial charge in [0.25, 0.3) is 0 Å². The van der Waals surface area contributed by atoms with Gasteiger partial charge < -0.3 is 9.25 Å². The van der Waals surface area contributed by atoms with E-state index in [1.54, 1.807) is 24.3 Å². The second kappa shape index (κ2) is 4.93. The summed E-state index contributed by atoms with van der Waals surface area (Å²) in [5, 5.41) is 3.71. The summed E-state index contributed by atoms with van der Waals surface area (Å²) < 4.78 is 5.03. The molecule has 1 aromatic carbocycles. The third-order valence-electron chi connectivity index (χ3n) is 1.88. The molecule has 0 saturated heterocycles. The van der Waals surface area contributed by atoms with Crippen LogP contribution in [0.4, 0.5) is 0 Å². The minimum Gasteiger partial charge on any atom is -0.462 e. The Hall–Kier alpha value is -2.36. The van der Waals surface area contributed by atoms with Crippen LogP contribution >= 0.6 is 0 Å². The van der Waals surface area contributed by atoms with Crippen molar-refractivity contribution < 1.29 is 14.0 Å². The average Bonchev–Trinajstić information content (AvgIpc) is 2.85. The number of rotatable bonds is 4. The zero-order chi connectivity index (χ0) is 11.2. The SMILES string of the molecule is O=C/C(=N/Oc1ccccc1)c1ccco1. The van der Waals surface area contributed by atoms with Crippen molar-refractivity contribution in [3.8, 4) is 5.75 Å². The molecule has 0 spiro atoms. The number of nitrogens with zero attached hydrogens (tertiary/aromatic N) is 1. The Morgan fingerprint density at radius 1 is 1.19 bits per heavy atom. The minimum absolute atomic E-state index is 0.119. The number of hydrogen-bond acceptors (Lipinski definition) is 4. The first-order valence-electron chi connectivity index (χ1n) is 4.69. The van der Waals surface area contributed by atoms with Crippen molar-refractivity contribution in [1.82, 2.24) is 0 Å². The molecule has 0 radical (unpaired) electrons. The van der Waals surface area contributed by atoms with Crippen molar-refractivity contribution in [2.75, 3.05) is 0 Å². The van der Waals surface area contributed by atoms with Crippen molar-refractivity contribution in [1.29, 1.82) is 0 Å². The van der Waals surface area contributed by atoms with Gasteiger partial charge in [0.2, 0.25) is 0 Å². The smallest absolute Gasteiger partial charge is 0.185 e. The molecular weight excluding hydrogens is 206 g/mol. The number of oxime groups is 1. The molecule has 1 aromatic heterocycles. The molecule has 0 aliphatic heterocycles. The Morgan fingerprint density at radius 3 is 2.62 bits per heavy atom. The lowest BCUT2D eigenvalue weighted by Crippen LogP contribution is -2.02. The van der Waals surface area contributed by atoms with Crippen LogP contribution in [0.25, 0.3) is 0 Å². The molecule has 4 nitrogen and oxygen atoms in total. The highest BCUT2D eigenvalue weighted by atomic mass is 16.6. The molecule has 2 rings (SSSR count). The molecule has 0 unspecified atom stereocenters. The monoisotopic (exact) mass is 215 g/mol. The van der Waals surface area contributed by atoms with Crippen molar-refractivity contribution in [3.05, 3.63) is 54.5 Å². The largest absolute Gasteiger partial charge is 0.462 e. The van der Waals surface area contributed by atoms with Gasteiger partial charge in [-0.2, -0.15) is 0 Å². The zero-order valence-corrected chi connectivity index (χ0v) is 8.37. The fourth-order valence-electron chi connectivity index (χ4n) is 1.13. The average molecular weight is 215 g/mol. The van der Waals surface area contributed by atoms with Gasteiger partial charge >= 0.3 is 0 Å². The van der Waals surface area contributed by atoms with Gasteiger partial charge in [0.05, 0.1) is 6.26 Å². The third-order valence-corrected chi connectivity index (χ3v) is 1.88. The molecule has 0 amide bonds. The maximum atomic E-state index is 10.8. The standard InChI is InChI=1S/C12H9NO3/c14-9-11(12-7-4-8-15-12)13-16-10-5-2-1-3-6-10/h1-9H/b13-11-. The van der Waals surface area contributed by atoms with E-state index >= 15 is 0 Å². The van der Waals surface area contributed by atoms with Crippen LogP contribution in [0.15, 0.2) is 58.3 Å². The number of furan rings is 1. The number of para-hydroxylation sites is 1. The van der Waals surface area contributed by atoms with Crippen LogP contribution < -0.4 is 4.84 Å². The molecule has 4 heteroatoms. The van der Waals surface area contributed by atoms with Gasteiger partial charge in [-0.3, -0.25) is 4.79 Å². The van der Waals surface area contributed by atoms with E-state index in [4.69, 9.17) is 9.25 Å². The molecule has 1 heterocycles. The summed E-state index contributed by atoms with van der Waals surface area (Å²) in [6.07, 6.45) is 2.05. The second-order valence-corrected chi connectivity index (χ2v) is 2.98. The summed E-state index contributed by atoms with van der Waals surface area (Å²) in [6.45, 7) is 0. The van der Waals surface area contributed by atoms with Crippen LogP contribution in [0.3, 0.4) is 0 Å². The fraction of sp³-hybridized carbons (Fsp3) is 0. The Morgan fingerprint density at radius 2 is 2.00 bits per heavy atom. The van der Waals surface area contributed by atoms with Gasteiger partial charge in [0.15, 0.2) is 23.5 Å². The van der Waals surface area contributed by atoms with Crippen LogP contribution in [0.5, 0.6) is 5.75 Å². The lowest BCUT2D eigenvalue weighted by molar-refractivity contribution is -0.102. The molecule has 0 aliphatic carbocycles. The summed E-state index contributed by atoms with van der Waals surface area (Å²) >= 11 is 0. The molecule has 80 valence electrons. The lowest BCUT2D eigenvalue weighted by atomic mass is 10.3. The topological polar surface area (TPSA) is 51.8 Å². The van der Waals surface area contributed by atoms with Crippen LogP contribution in [0.2, 0.25) is 0 Å². The van der Waals surface area contributed by atoms with Gasteiger partial charge in [0.1, 0.15) is 0 Å². The van der Waals surface area contributed by atoms with Gasteiger partial charge in [-0.25, -0.2) is 0 Å². The first-order valence-corrected chi connectivity index (χ1v) is 4.69. The van der Waals surface area contributed by atoms with E-state index < -0.39 is 0 Å². The van der Waals surface area contributed by atoms with Crippen LogP contribution in [0.1, 0.15) is 5.76 Å². The quantitative estimate of drug-likeness (QED) is 0.446. The van der Waals surface area contributed by atoms with Crippen molar-refractivity contribution in [2.24, 2.45) is 5.16 Å². The number of benzene rings is 1. The first-order chi connectivity index (χ1) is 7.90. The molecule has 16 heavy (non-hydrogen) atoms. The molecule has 2 aromatic rings. The second-order valence-electron chi connectivity index (χ2n) is 2.98. The number of aldehydes is 1. The van der Waals surface area contributed by atoms with Crippen LogP contribution in [0, 0.1) is 0 Å². The van der Waals surface area contributed by atoms with Crippen molar-refractivity contribution >= 4 is 12.0 Å². The predicted molar refractivity (Wildman–Crippen MR) is 58.4 cm³/mol. The third kappa shape index (κ3) is 2.36. The lowest BCUT2D eigenvalue weighted by Gasteiger charge is -1.97. The molecule has 0 fully saturated rings. The van der Waals surface area contributed by atoms with E-state index in [0.717, 1.165) is 0 Å². The molecule has 0 N–H and O–H groups in total. The minimum atomic E-state index is 0.119. The summed E-state index contributed by atoms with van der Waals surface area (Å²) in [6, 6.07) is 12.3. The van der Waals surface area contributed by atoms with Crippen LogP contribution in [-0.2, 0) is 4.79 Å². The van der Waals surface area contributed by atoms with E-state index in [1.807, 2.05) is 18.2 Å². The Kier molecular flexibility index (Phi) is 3.13. The van der Waals surface area contributed by atoms with Crippen molar-refractivity contribution in [2.45, 2.75) is 0 Å². The first kappa shape index (κ1) is 10.2. The Labute approximate surface area is 92.1 Å². The van der Waals surface area contributed by atoms with Gasteiger partial charge in [-0.1, -0.05) is 23.4 Å². The maximum Gasteiger partial charge on any atom is 0.185 e. The summed E-state index contributed by atoms with van der Waals surface area (Å²) in [5.41, 5.74) is 0.119. The predicted octanol–water partition coefficient (Wildman–Crippen LogP) is 2.26. The number of carbonyl (C=O) groups excluding carboxylic acids is 1. The van der Waals surface area contributed by atoms with Gasteiger partial charge in [-0.05, 0) is 24.3 Å². The zero-order valence-electron chi connectivity index (χ0n) is 8.37. The van der Waals surface area contributed by atoms with E-state index in [2.05, 4.69) is 5.16 Å². The molecule has 0 saturated carbocycles. The fourth-order valence-corrected chi connectivity index (χ4v) is 1.13. The van der Waals surface area contributed by atoms with E-state index in [9.17, 15) is 4.79 Å². The van der Waals surface area contributed by atoms with Crippen molar-refractivity contribution in [3.63, 3.8) is 0 Å². The summed E-state index contributed by atoms with van der Waals surface area (Å²) in [4.78, 5) is 15.8. The number of hydrogen-bond donors (Lipinski definition) is 0. The summed E-state index contributed by atoms with van der Waals surface area (Å²) in [5.74, 6) is 0.944. The van der Waals surface area contributed by atoms with E-state index in [1.165, 1.54) is 6.26 Å². The molecule has 0 aliphatic rings. The highest BCUT2D eigenvalue weighted by Crippen LogP contribution is 2.09. The van der Waals surface area contributed by atoms with Gasteiger partial charge in [-0.15, -0.1) is 0 Å². The normalized spacial score (nSPS) is 11.1. The number of carbonyl (C=O) groups is 1. The highest BCUT2D eigenvalue weighted by molar-refractivity contribution is 6.35. The maximum absolute atomic E-state index is 10.8. The Bertz CT molecular complexity index is 474. The molecular formula is C12H9NO3. The Balaban J connectivity index is 2.14. The van der Waals surface area contributed by atoms with E-state index in [-0.39, 0.29) is 5.71 Å². The summed E-state index contributed by atoms with van der Waals surface area (Å²) in [7, 11) is 0. The highest BCUT2D eigenvalue weighted by Gasteiger charge is 2.05. The molecule has 0 bridgehead atoms. The van der Waals surface area contributed by atoms with E-state index in [0.29, 0.717) is 17.8 Å². The van der Waals surface area contributed by atoms with Gasteiger partial charge in [0, 0.05) is 0 Å². The van der Waals surface area contributed by atoms with Crippen LogP contribution in [-0.4, -0.2) is 12.0 Å².